The van der Waals surface area contributed by atoms with Crippen LogP contribution in [-0.2, 0) is 5.41 Å². The predicted molar refractivity (Wildman–Crippen MR) is 114 cm³/mol. The Morgan fingerprint density at radius 1 is 0.963 bits per heavy atom. The Balaban J connectivity index is 1.94. The Bertz CT molecular complexity index is 957. The van der Waals surface area contributed by atoms with Crippen molar-refractivity contribution < 1.29 is 4.74 Å². The van der Waals surface area contributed by atoms with Crippen molar-refractivity contribution in [2.24, 2.45) is 4.99 Å². The molecule has 0 bridgehead atoms. The molecule has 0 spiro atoms. The van der Waals surface area contributed by atoms with Crippen molar-refractivity contribution in [1.29, 1.82) is 0 Å². The molecule has 0 saturated carbocycles. The fraction of sp³-hybridized carbons (Fsp3) is 0.292. The maximum absolute atomic E-state index is 5.38. The number of hydrogen-bond acceptors (Lipinski definition) is 2. The molecule has 0 fully saturated rings. The van der Waals surface area contributed by atoms with E-state index >= 15 is 0 Å². The van der Waals surface area contributed by atoms with Crippen molar-refractivity contribution in [2.45, 2.75) is 40.0 Å². The van der Waals surface area contributed by atoms with E-state index in [-0.39, 0.29) is 5.41 Å². The lowest BCUT2D eigenvalue weighted by Gasteiger charge is -2.20. The Kier molecular flexibility index (Phi) is 5.22. The van der Waals surface area contributed by atoms with Crippen LogP contribution >= 0.6 is 0 Å². The molecule has 1 heterocycles. The summed E-state index contributed by atoms with van der Waals surface area (Å²) in [7, 11) is 1.67. The van der Waals surface area contributed by atoms with E-state index in [1.807, 2.05) is 30.5 Å². The number of benzene rings is 2. The second kappa shape index (κ2) is 7.43. The maximum Gasteiger partial charge on any atom is 0.144 e. The average Bonchev–Trinajstić information content (AvgIpc) is 2.93. The number of aromatic nitrogens is 1. The maximum atomic E-state index is 5.38. The molecule has 0 aliphatic rings. The van der Waals surface area contributed by atoms with Gasteiger partial charge < -0.3 is 9.30 Å². The second-order valence-electron chi connectivity index (χ2n) is 7.89. The van der Waals surface area contributed by atoms with Gasteiger partial charge in [0.05, 0.1) is 7.11 Å². The van der Waals surface area contributed by atoms with E-state index in [4.69, 9.17) is 4.74 Å². The Morgan fingerprint density at radius 3 is 2.26 bits per heavy atom. The molecule has 0 atom stereocenters. The molecular formula is C24H28N2O. The van der Waals surface area contributed by atoms with E-state index in [1.165, 1.54) is 22.6 Å². The number of methoxy groups -OCH3 is 1. The lowest BCUT2D eigenvalue weighted by Crippen LogP contribution is -2.11. The minimum Gasteiger partial charge on any atom is -0.494 e. The van der Waals surface area contributed by atoms with E-state index in [9.17, 15) is 0 Å². The first-order valence-electron chi connectivity index (χ1n) is 9.28. The van der Waals surface area contributed by atoms with Gasteiger partial charge in [0, 0.05) is 28.9 Å². The summed E-state index contributed by atoms with van der Waals surface area (Å²) in [6.07, 6.45) is 1.92. The molecule has 0 aliphatic carbocycles. The van der Waals surface area contributed by atoms with Crippen LogP contribution in [0.3, 0.4) is 0 Å². The molecule has 0 radical (unpaired) electrons. The third-order valence-corrected chi connectivity index (χ3v) is 4.89. The SMILES string of the molecule is COc1ccccc1N=Cc1cc(C)n(-c2ccc(C(C)(C)C)cc2)c1C. The molecule has 27 heavy (non-hydrogen) atoms. The van der Waals surface area contributed by atoms with Gasteiger partial charge in [-0.1, -0.05) is 45.0 Å². The van der Waals surface area contributed by atoms with E-state index in [0.717, 1.165) is 17.0 Å². The van der Waals surface area contributed by atoms with Gasteiger partial charge in [0.2, 0.25) is 0 Å². The molecular weight excluding hydrogens is 332 g/mol. The van der Waals surface area contributed by atoms with Crippen LogP contribution in [0.4, 0.5) is 5.69 Å². The zero-order valence-electron chi connectivity index (χ0n) is 17.1. The summed E-state index contributed by atoms with van der Waals surface area (Å²) in [4.78, 5) is 4.64. The van der Waals surface area contributed by atoms with Crippen LogP contribution < -0.4 is 4.74 Å². The lowest BCUT2D eigenvalue weighted by atomic mass is 9.87. The van der Waals surface area contributed by atoms with E-state index in [2.05, 4.69) is 74.5 Å². The van der Waals surface area contributed by atoms with Crippen molar-refractivity contribution in [3.8, 4) is 11.4 Å². The summed E-state index contributed by atoms with van der Waals surface area (Å²) in [6.45, 7) is 11.0. The summed E-state index contributed by atoms with van der Waals surface area (Å²) in [6, 6.07) is 18.8. The Morgan fingerprint density at radius 2 is 1.63 bits per heavy atom. The third kappa shape index (κ3) is 3.97. The molecule has 3 nitrogen and oxygen atoms in total. The van der Waals surface area contributed by atoms with Crippen LogP contribution in [0, 0.1) is 13.8 Å². The largest absolute Gasteiger partial charge is 0.494 e. The average molecular weight is 361 g/mol. The fourth-order valence-electron chi connectivity index (χ4n) is 3.30. The van der Waals surface area contributed by atoms with Gasteiger partial charge in [0.25, 0.3) is 0 Å². The van der Waals surface area contributed by atoms with E-state index < -0.39 is 0 Å². The third-order valence-electron chi connectivity index (χ3n) is 4.89. The number of nitrogens with zero attached hydrogens (tertiary/aromatic N) is 2. The number of rotatable bonds is 4. The van der Waals surface area contributed by atoms with Gasteiger partial charge in [-0.25, -0.2) is 0 Å². The minimum absolute atomic E-state index is 0.159. The number of ether oxygens (including phenoxy) is 1. The first-order valence-corrected chi connectivity index (χ1v) is 9.28. The molecule has 2 aromatic carbocycles. The highest BCUT2D eigenvalue weighted by Gasteiger charge is 2.14. The normalized spacial score (nSPS) is 11.9. The van der Waals surface area contributed by atoms with Gasteiger partial charge in [-0.15, -0.1) is 0 Å². The number of hydrogen-bond donors (Lipinski definition) is 0. The molecule has 0 saturated heterocycles. The summed E-state index contributed by atoms with van der Waals surface area (Å²) in [5, 5.41) is 0. The van der Waals surface area contributed by atoms with Crippen LogP contribution in [0.5, 0.6) is 5.75 Å². The minimum atomic E-state index is 0.159. The van der Waals surface area contributed by atoms with Crippen molar-refractivity contribution in [2.75, 3.05) is 7.11 Å². The number of aryl methyl sites for hydroxylation is 1. The van der Waals surface area contributed by atoms with Crippen LogP contribution in [0.1, 0.15) is 43.3 Å². The quantitative estimate of drug-likeness (QED) is 0.512. The number of aliphatic imine (C=N–C) groups is 1. The summed E-state index contributed by atoms with van der Waals surface area (Å²) >= 11 is 0. The van der Waals surface area contributed by atoms with Crippen LogP contribution in [-0.4, -0.2) is 17.9 Å². The lowest BCUT2D eigenvalue weighted by molar-refractivity contribution is 0.416. The van der Waals surface area contributed by atoms with Crippen molar-refractivity contribution >= 4 is 11.9 Å². The van der Waals surface area contributed by atoms with Crippen molar-refractivity contribution in [1.82, 2.24) is 4.57 Å². The Hall–Kier alpha value is -2.81. The first-order chi connectivity index (χ1) is 12.8. The topological polar surface area (TPSA) is 26.5 Å². The van der Waals surface area contributed by atoms with Gasteiger partial charge >= 0.3 is 0 Å². The van der Waals surface area contributed by atoms with Gasteiger partial charge in [0.1, 0.15) is 11.4 Å². The van der Waals surface area contributed by atoms with E-state index in [0.29, 0.717) is 0 Å². The molecule has 140 valence electrons. The second-order valence-corrected chi connectivity index (χ2v) is 7.89. The molecule has 3 aromatic rings. The van der Waals surface area contributed by atoms with Crippen LogP contribution in [0.25, 0.3) is 5.69 Å². The predicted octanol–water partition coefficient (Wildman–Crippen LogP) is 6.15. The molecule has 0 unspecified atom stereocenters. The number of para-hydroxylation sites is 2. The summed E-state index contributed by atoms with van der Waals surface area (Å²) in [5.41, 5.74) is 6.98. The van der Waals surface area contributed by atoms with Crippen molar-refractivity contribution in [3.63, 3.8) is 0 Å². The molecule has 0 N–H and O–H groups in total. The highest BCUT2D eigenvalue weighted by atomic mass is 16.5. The summed E-state index contributed by atoms with van der Waals surface area (Å²) < 4.78 is 7.66. The smallest absolute Gasteiger partial charge is 0.144 e. The van der Waals surface area contributed by atoms with Gasteiger partial charge in [0.15, 0.2) is 0 Å². The van der Waals surface area contributed by atoms with Gasteiger partial charge in [-0.2, -0.15) is 0 Å². The fourth-order valence-corrected chi connectivity index (χ4v) is 3.30. The highest BCUT2D eigenvalue weighted by molar-refractivity contribution is 5.85. The molecule has 3 heteroatoms. The van der Waals surface area contributed by atoms with E-state index in [1.54, 1.807) is 7.11 Å². The zero-order chi connectivity index (χ0) is 19.6. The molecule has 0 aliphatic heterocycles. The molecule has 1 aromatic heterocycles. The standard InChI is InChI=1S/C24H28N2O/c1-17-15-19(16-25-22-9-7-8-10-23(22)27-6)18(2)26(17)21-13-11-20(12-14-21)24(3,4)5/h7-16H,1-6H3. The van der Waals surface area contributed by atoms with Crippen LogP contribution in [0.2, 0.25) is 0 Å². The molecule has 3 rings (SSSR count). The summed E-state index contributed by atoms with van der Waals surface area (Å²) in [5.74, 6) is 0.778. The highest BCUT2D eigenvalue weighted by Crippen LogP contribution is 2.28. The van der Waals surface area contributed by atoms with Gasteiger partial charge in [-0.3, -0.25) is 4.99 Å². The Labute approximate surface area is 162 Å². The van der Waals surface area contributed by atoms with Gasteiger partial charge in [-0.05, 0) is 55.2 Å². The molecule has 0 amide bonds. The first kappa shape index (κ1) is 19.0. The monoisotopic (exact) mass is 360 g/mol. The zero-order valence-corrected chi connectivity index (χ0v) is 17.1. The van der Waals surface area contributed by atoms with Crippen molar-refractivity contribution in [3.05, 3.63) is 77.1 Å². The van der Waals surface area contributed by atoms with Crippen LogP contribution in [0.15, 0.2) is 59.6 Å².